The zero-order valence-electron chi connectivity index (χ0n) is 13.3. The third kappa shape index (κ3) is 2.78. The third-order valence-corrected chi connectivity index (χ3v) is 4.56. The third-order valence-electron chi connectivity index (χ3n) is 4.56. The zero-order valence-corrected chi connectivity index (χ0v) is 13.3. The SMILES string of the molecule is O=c1[nH]cnc2c([C@@H]3N[C@H](/C=C/c4ccccc4)[C@@H](O)[C@H]3O)c[nH]c12. The number of fused-ring (bicyclic) bond motifs is 1. The summed E-state index contributed by atoms with van der Waals surface area (Å²) < 4.78 is 0. The number of nitrogens with zero attached hydrogens (tertiary/aromatic N) is 1. The summed E-state index contributed by atoms with van der Waals surface area (Å²) in [6, 6.07) is 8.79. The first kappa shape index (κ1) is 15.8. The lowest BCUT2D eigenvalue weighted by Gasteiger charge is -2.14. The fraction of sp³-hybridized carbons (Fsp3) is 0.222. The number of hydrogen-bond donors (Lipinski definition) is 5. The summed E-state index contributed by atoms with van der Waals surface area (Å²) in [4.78, 5) is 21.4. The maximum absolute atomic E-state index is 11.8. The Morgan fingerprint density at radius 2 is 1.88 bits per heavy atom. The molecule has 4 rings (SSSR count). The first-order valence-corrected chi connectivity index (χ1v) is 8.05. The van der Waals surface area contributed by atoms with Gasteiger partial charge in [0.25, 0.3) is 5.56 Å². The predicted molar refractivity (Wildman–Crippen MR) is 93.9 cm³/mol. The molecule has 0 amide bonds. The molecule has 25 heavy (non-hydrogen) atoms. The number of benzene rings is 1. The largest absolute Gasteiger partial charge is 0.388 e. The molecule has 1 fully saturated rings. The van der Waals surface area contributed by atoms with Crippen molar-refractivity contribution in [1.29, 1.82) is 0 Å². The van der Waals surface area contributed by atoms with Crippen molar-refractivity contribution >= 4 is 17.1 Å². The molecule has 7 nitrogen and oxygen atoms in total. The van der Waals surface area contributed by atoms with E-state index in [4.69, 9.17) is 0 Å². The van der Waals surface area contributed by atoms with E-state index in [1.807, 2.05) is 42.5 Å². The average Bonchev–Trinajstić information content (AvgIpc) is 3.18. The first-order chi connectivity index (χ1) is 12.1. The van der Waals surface area contributed by atoms with Crippen LogP contribution >= 0.6 is 0 Å². The number of hydrogen-bond acceptors (Lipinski definition) is 5. The van der Waals surface area contributed by atoms with Crippen molar-refractivity contribution in [3.05, 3.63) is 70.4 Å². The summed E-state index contributed by atoms with van der Waals surface area (Å²) in [7, 11) is 0. The van der Waals surface area contributed by atoms with Crippen LogP contribution in [0.5, 0.6) is 0 Å². The Bertz CT molecular complexity index is 963. The van der Waals surface area contributed by atoms with E-state index in [1.165, 1.54) is 6.33 Å². The van der Waals surface area contributed by atoms with Gasteiger partial charge in [0.2, 0.25) is 0 Å². The molecule has 2 aromatic heterocycles. The quantitative estimate of drug-likeness (QED) is 0.482. The summed E-state index contributed by atoms with van der Waals surface area (Å²) in [6.45, 7) is 0. The van der Waals surface area contributed by atoms with E-state index in [0.717, 1.165) is 5.56 Å². The molecular weight excluding hydrogens is 320 g/mol. The fourth-order valence-electron chi connectivity index (χ4n) is 3.24. The molecule has 3 aromatic rings. The molecule has 3 heterocycles. The van der Waals surface area contributed by atoms with Crippen LogP contribution in [0.15, 0.2) is 53.7 Å². The van der Waals surface area contributed by atoms with E-state index < -0.39 is 24.3 Å². The van der Waals surface area contributed by atoms with Crippen molar-refractivity contribution in [3.8, 4) is 0 Å². The maximum Gasteiger partial charge on any atom is 0.275 e. The Morgan fingerprint density at radius 3 is 2.68 bits per heavy atom. The number of aliphatic hydroxyl groups excluding tert-OH is 2. The molecule has 1 aliphatic heterocycles. The molecule has 0 aliphatic carbocycles. The molecule has 0 unspecified atom stereocenters. The number of rotatable bonds is 3. The van der Waals surface area contributed by atoms with Crippen LogP contribution in [0.1, 0.15) is 17.2 Å². The van der Waals surface area contributed by atoms with Gasteiger partial charge in [0.15, 0.2) is 0 Å². The summed E-state index contributed by atoms with van der Waals surface area (Å²) >= 11 is 0. The number of nitrogens with one attached hydrogen (secondary N) is 3. The van der Waals surface area contributed by atoms with Gasteiger partial charge in [-0.15, -0.1) is 0 Å². The van der Waals surface area contributed by atoms with Crippen molar-refractivity contribution in [2.45, 2.75) is 24.3 Å². The number of H-pyrrole nitrogens is 2. The van der Waals surface area contributed by atoms with Gasteiger partial charge in [-0.25, -0.2) is 4.98 Å². The summed E-state index contributed by atoms with van der Waals surface area (Å²) in [5.41, 5.74) is 2.23. The standard InChI is InChI=1S/C18H18N4O3/c23-16-12(7-6-10-4-2-1-3-5-10)22-14(17(16)24)11-8-19-15-13(11)20-9-21-18(15)25/h1-9,12,14,16-17,19,22-24H,(H,20,21,25)/b7-6+/t12-,14+,16-,17+/m1/s1. The first-order valence-electron chi connectivity index (χ1n) is 8.05. The molecule has 1 aromatic carbocycles. The summed E-state index contributed by atoms with van der Waals surface area (Å²) in [5, 5.41) is 24.0. The average molecular weight is 338 g/mol. The van der Waals surface area contributed by atoms with Gasteiger partial charge in [0, 0.05) is 11.8 Å². The van der Waals surface area contributed by atoms with E-state index in [2.05, 4.69) is 20.3 Å². The lowest BCUT2D eigenvalue weighted by molar-refractivity contribution is 0.0334. The fourth-order valence-corrected chi connectivity index (χ4v) is 3.24. The van der Waals surface area contributed by atoms with Crippen LogP contribution in [-0.4, -0.2) is 43.4 Å². The number of aromatic amines is 2. The highest BCUT2D eigenvalue weighted by molar-refractivity contribution is 5.78. The highest BCUT2D eigenvalue weighted by Crippen LogP contribution is 2.31. The van der Waals surface area contributed by atoms with Gasteiger partial charge in [-0.05, 0) is 5.56 Å². The van der Waals surface area contributed by atoms with Gasteiger partial charge in [0.1, 0.15) is 23.2 Å². The molecular formula is C18H18N4O3. The zero-order chi connectivity index (χ0) is 17.4. The molecule has 0 spiro atoms. The van der Waals surface area contributed by atoms with E-state index in [-0.39, 0.29) is 5.56 Å². The van der Waals surface area contributed by atoms with E-state index >= 15 is 0 Å². The van der Waals surface area contributed by atoms with Crippen molar-refractivity contribution in [2.24, 2.45) is 0 Å². The molecule has 0 saturated carbocycles. The van der Waals surface area contributed by atoms with Crippen LogP contribution in [0.4, 0.5) is 0 Å². The molecule has 0 bridgehead atoms. The smallest absolute Gasteiger partial charge is 0.275 e. The lowest BCUT2D eigenvalue weighted by Crippen LogP contribution is -2.30. The molecule has 4 atom stereocenters. The monoisotopic (exact) mass is 338 g/mol. The lowest BCUT2D eigenvalue weighted by atomic mass is 10.0. The Balaban J connectivity index is 1.62. The van der Waals surface area contributed by atoms with Crippen LogP contribution in [0.3, 0.4) is 0 Å². The van der Waals surface area contributed by atoms with Crippen molar-refractivity contribution in [1.82, 2.24) is 20.3 Å². The van der Waals surface area contributed by atoms with Gasteiger partial charge >= 0.3 is 0 Å². The Labute approximate surface area is 143 Å². The minimum absolute atomic E-state index is 0.273. The molecule has 128 valence electrons. The second-order valence-electron chi connectivity index (χ2n) is 6.12. The van der Waals surface area contributed by atoms with Crippen LogP contribution in [0.2, 0.25) is 0 Å². The summed E-state index contributed by atoms with van der Waals surface area (Å²) in [6.07, 6.45) is 4.73. The minimum Gasteiger partial charge on any atom is -0.388 e. The summed E-state index contributed by atoms with van der Waals surface area (Å²) in [5.74, 6) is 0. The van der Waals surface area contributed by atoms with Crippen LogP contribution in [0, 0.1) is 0 Å². The van der Waals surface area contributed by atoms with Crippen LogP contribution < -0.4 is 10.9 Å². The van der Waals surface area contributed by atoms with Gasteiger partial charge in [-0.3, -0.25) is 10.1 Å². The molecule has 0 radical (unpaired) electrons. The number of aromatic nitrogens is 3. The maximum atomic E-state index is 11.8. The van der Waals surface area contributed by atoms with Crippen molar-refractivity contribution in [3.63, 3.8) is 0 Å². The molecule has 1 aliphatic rings. The highest BCUT2D eigenvalue weighted by atomic mass is 16.3. The Morgan fingerprint density at radius 1 is 1.08 bits per heavy atom. The van der Waals surface area contributed by atoms with E-state index in [1.54, 1.807) is 6.20 Å². The Kier molecular flexibility index (Phi) is 3.96. The van der Waals surface area contributed by atoms with Crippen LogP contribution in [0.25, 0.3) is 17.1 Å². The second-order valence-corrected chi connectivity index (χ2v) is 6.12. The highest BCUT2D eigenvalue weighted by Gasteiger charge is 2.41. The van der Waals surface area contributed by atoms with Gasteiger partial charge in [-0.2, -0.15) is 0 Å². The molecule has 7 heteroatoms. The van der Waals surface area contributed by atoms with Gasteiger partial charge < -0.3 is 20.2 Å². The van der Waals surface area contributed by atoms with E-state index in [9.17, 15) is 15.0 Å². The van der Waals surface area contributed by atoms with Gasteiger partial charge in [0.05, 0.1) is 18.4 Å². The normalized spacial score (nSPS) is 26.6. The van der Waals surface area contributed by atoms with E-state index in [0.29, 0.717) is 16.6 Å². The van der Waals surface area contributed by atoms with Crippen LogP contribution in [-0.2, 0) is 0 Å². The minimum atomic E-state index is -1.01. The Hall–Kier alpha value is -2.74. The molecule has 1 saturated heterocycles. The second kappa shape index (κ2) is 6.29. The predicted octanol–water partition coefficient (Wildman–Crippen LogP) is 0.699. The number of aliphatic hydroxyl groups is 2. The van der Waals surface area contributed by atoms with Gasteiger partial charge in [-0.1, -0.05) is 42.5 Å². The van der Waals surface area contributed by atoms with Crippen molar-refractivity contribution in [2.75, 3.05) is 0 Å². The van der Waals surface area contributed by atoms with Crippen molar-refractivity contribution < 1.29 is 10.2 Å². The topological polar surface area (TPSA) is 114 Å². The molecule has 5 N–H and O–H groups in total.